The zero-order chi connectivity index (χ0) is 14.8. The SMILES string of the molecule is CCc1nn(CC)c(CN2CCC3NCCCC3C2)c1Br. The molecule has 2 aliphatic rings. The van der Waals surface area contributed by atoms with Crippen LogP contribution in [0, 0.1) is 5.92 Å². The molecular formula is C16H27BrN4. The first-order valence-electron chi connectivity index (χ1n) is 8.42. The average molecular weight is 355 g/mol. The van der Waals surface area contributed by atoms with E-state index in [9.17, 15) is 0 Å². The minimum atomic E-state index is 0.765. The van der Waals surface area contributed by atoms with Crippen LogP contribution in [0.1, 0.15) is 44.5 Å². The lowest BCUT2D eigenvalue weighted by Gasteiger charge is -2.41. The zero-order valence-electron chi connectivity index (χ0n) is 13.2. The Morgan fingerprint density at radius 2 is 2.19 bits per heavy atom. The van der Waals surface area contributed by atoms with Gasteiger partial charge in [-0.3, -0.25) is 9.58 Å². The van der Waals surface area contributed by atoms with Crippen LogP contribution in [0.25, 0.3) is 0 Å². The van der Waals surface area contributed by atoms with Gasteiger partial charge in [-0.15, -0.1) is 0 Å². The monoisotopic (exact) mass is 354 g/mol. The van der Waals surface area contributed by atoms with E-state index in [0.717, 1.165) is 31.5 Å². The van der Waals surface area contributed by atoms with E-state index >= 15 is 0 Å². The maximum Gasteiger partial charge on any atom is 0.0767 e. The number of nitrogens with one attached hydrogen (secondary N) is 1. The van der Waals surface area contributed by atoms with Crippen molar-refractivity contribution in [1.82, 2.24) is 20.0 Å². The molecule has 0 spiro atoms. The topological polar surface area (TPSA) is 33.1 Å². The number of hydrogen-bond donors (Lipinski definition) is 1. The van der Waals surface area contributed by atoms with Crippen LogP contribution in [0.5, 0.6) is 0 Å². The van der Waals surface area contributed by atoms with Crippen LogP contribution in [-0.2, 0) is 19.5 Å². The van der Waals surface area contributed by atoms with Crippen molar-refractivity contribution in [3.8, 4) is 0 Å². The second-order valence-corrected chi connectivity index (χ2v) is 7.16. The minimum Gasteiger partial charge on any atom is -0.314 e. The number of nitrogens with zero attached hydrogens (tertiary/aromatic N) is 3. The Morgan fingerprint density at radius 3 is 2.95 bits per heavy atom. The fourth-order valence-corrected chi connectivity index (χ4v) is 4.53. The number of fused-ring (bicyclic) bond motifs is 1. The van der Waals surface area contributed by atoms with Crippen molar-refractivity contribution in [1.29, 1.82) is 0 Å². The molecule has 2 saturated heterocycles. The summed E-state index contributed by atoms with van der Waals surface area (Å²) in [6, 6.07) is 0.765. The van der Waals surface area contributed by atoms with Gasteiger partial charge in [0.2, 0.25) is 0 Å². The van der Waals surface area contributed by atoms with Gasteiger partial charge in [0.15, 0.2) is 0 Å². The van der Waals surface area contributed by atoms with Gasteiger partial charge in [0, 0.05) is 32.2 Å². The maximum atomic E-state index is 4.72. The number of halogens is 1. The second-order valence-electron chi connectivity index (χ2n) is 6.36. The highest BCUT2D eigenvalue weighted by molar-refractivity contribution is 9.10. The van der Waals surface area contributed by atoms with Gasteiger partial charge in [0.05, 0.1) is 15.9 Å². The summed E-state index contributed by atoms with van der Waals surface area (Å²) in [5.41, 5.74) is 2.55. The van der Waals surface area contributed by atoms with E-state index in [1.54, 1.807) is 0 Å². The highest BCUT2D eigenvalue weighted by Gasteiger charge is 2.31. The van der Waals surface area contributed by atoms with Gasteiger partial charge in [-0.2, -0.15) is 5.10 Å². The van der Waals surface area contributed by atoms with Gasteiger partial charge in [-0.25, -0.2) is 0 Å². The third-order valence-corrected chi connectivity index (χ3v) is 5.96. The molecule has 0 bridgehead atoms. The molecule has 0 radical (unpaired) electrons. The van der Waals surface area contributed by atoms with Gasteiger partial charge in [-0.1, -0.05) is 6.92 Å². The summed E-state index contributed by atoms with van der Waals surface area (Å²) in [7, 11) is 0. The molecule has 3 rings (SSSR count). The molecule has 21 heavy (non-hydrogen) atoms. The highest BCUT2D eigenvalue weighted by Crippen LogP contribution is 2.28. The predicted octanol–water partition coefficient (Wildman–Crippen LogP) is 2.80. The van der Waals surface area contributed by atoms with Gasteiger partial charge >= 0.3 is 0 Å². The van der Waals surface area contributed by atoms with E-state index in [0.29, 0.717) is 0 Å². The van der Waals surface area contributed by atoms with Gasteiger partial charge in [0.25, 0.3) is 0 Å². The van der Waals surface area contributed by atoms with Crippen molar-refractivity contribution in [2.24, 2.45) is 5.92 Å². The molecule has 0 saturated carbocycles. The maximum absolute atomic E-state index is 4.72. The average Bonchev–Trinajstić information content (AvgIpc) is 2.83. The molecule has 1 N–H and O–H groups in total. The Balaban J connectivity index is 1.70. The van der Waals surface area contributed by atoms with Crippen LogP contribution < -0.4 is 5.32 Å². The summed E-state index contributed by atoms with van der Waals surface area (Å²) in [5, 5.41) is 8.42. The molecule has 0 aliphatic carbocycles. The Morgan fingerprint density at radius 1 is 1.33 bits per heavy atom. The quantitative estimate of drug-likeness (QED) is 0.902. The van der Waals surface area contributed by atoms with E-state index in [2.05, 4.69) is 44.7 Å². The lowest BCUT2D eigenvalue weighted by atomic mass is 9.85. The Hall–Kier alpha value is -0.390. The molecule has 0 aromatic carbocycles. The number of aromatic nitrogens is 2. The minimum absolute atomic E-state index is 0.765. The fraction of sp³-hybridized carbons (Fsp3) is 0.812. The molecule has 2 fully saturated rings. The largest absolute Gasteiger partial charge is 0.314 e. The number of aryl methyl sites for hydroxylation is 2. The molecule has 4 nitrogen and oxygen atoms in total. The second kappa shape index (κ2) is 6.80. The van der Waals surface area contributed by atoms with Crippen LogP contribution in [0.2, 0.25) is 0 Å². The van der Waals surface area contributed by atoms with Crippen molar-refractivity contribution in [2.75, 3.05) is 19.6 Å². The molecule has 3 heterocycles. The zero-order valence-corrected chi connectivity index (χ0v) is 14.8. The summed E-state index contributed by atoms with van der Waals surface area (Å²) in [4.78, 5) is 2.63. The predicted molar refractivity (Wildman–Crippen MR) is 89.4 cm³/mol. The number of hydrogen-bond acceptors (Lipinski definition) is 3. The summed E-state index contributed by atoms with van der Waals surface area (Å²) >= 11 is 3.78. The molecule has 1 aromatic heterocycles. The Bertz CT molecular complexity index is 485. The third-order valence-electron chi connectivity index (χ3n) is 5.04. The van der Waals surface area contributed by atoms with Gasteiger partial charge < -0.3 is 5.32 Å². The first-order chi connectivity index (χ1) is 10.2. The molecule has 2 atom stereocenters. The smallest absolute Gasteiger partial charge is 0.0767 e. The van der Waals surface area contributed by atoms with Crippen molar-refractivity contribution >= 4 is 15.9 Å². The first kappa shape index (κ1) is 15.5. The van der Waals surface area contributed by atoms with Crippen molar-refractivity contribution in [3.05, 3.63) is 15.9 Å². The molecule has 1 aromatic rings. The Labute approximate surface area is 136 Å². The molecule has 2 aliphatic heterocycles. The van der Waals surface area contributed by atoms with E-state index in [-0.39, 0.29) is 0 Å². The van der Waals surface area contributed by atoms with Crippen molar-refractivity contribution < 1.29 is 0 Å². The lowest BCUT2D eigenvalue weighted by Crippen LogP contribution is -2.51. The molecule has 0 amide bonds. The number of piperidine rings is 2. The summed E-state index contributed by atoms with van der Waals surface area (Å²) in [6.07, 6.45) is 5.02. The van der Waals surface area contributed by atoms with Gasteiger partial charge in [0.1, 0.15) is 0 Å². The molecule has 2 unspecified atom stereocenters. The van der Waals surface area contributed by atoms with Crippen molar-refractivity contribution in [3.63, 3.8) is 0 Å². The molecule has 5 heteroatoms. The lowest BCUT2D eigenvalue weighted by molar-refractivity contribution is 0.106. The van der Waals surface area contributed by atoms with Crippen LogP contribution in [0.4, 0.5) is 0 Å². The summed E-state index contributed by atoms with van der Waals surface area (Å²) in [5.74, 6) is 0.843. The number of likely N-dealkylation sites (tertiary alicyclic amines) is 1. The van der Waals surface area contributed by atoms with Crippen LogP contribution in [0.15, 0.2) is 4.47 Å². The normalized spacial score (nSPS) is 26.8. The first-order valence-corrected chi connectivity index (χ1v) is 9.22. The van der Waals surface area contributed by atoms with Crippen molar-refractivity contribution in [2.45, 2.75) is 58.7 Å². The van der Waals surface area contributed by atoms with E-state index in [1.165, 1.54) is 54.8 Å². The fourth-order valence-electron chi connectivity index (χ4n) is 3.84. The van der Waals surface area contributed by atoms with Crippen LogP contribution in [0.3, 0.4) is 0 Å². The van der Waals surface area contributed by atoms with E-state index in [4.69, 9.17) is 5.10 Å². The standard InChI is InChI=1S/C16H27BrN4/c1-3-13-16(17)15(21(4-2)19-13)11-20-9-7-14-12(10-20)6-5-8-18-14/h12,14,18H,3-11H2,1-2H3. The van der Waals surface area contributed by atoms with E-state index in [1.807, 2.05) is 0 Å². The van der Waals surface area contributed by atoms with Gasteiger partial charge in [-0.05, 0) is 61.0 Å². The van der Waals surface area contributed by atoms with Crippen LogP contribution in [-0.4, -0.2) is 40.4 Å². The Kier molecular flexibility index (Phi) is 5.02. The third kappa shape index (κ3) is 3.20. The molecule has 118 valence electrons. The van der Waals surface area contributed by atoms with Crippen LogP contribution >= 0.6 is 15.9 Å². The number of rotatable bonds is 4. The summed E-state index contributed by atoms with van der Waals surface area (Å²) < 4.78 is 3.41. The molecular weight excluding hydrogens is 328 g/mol. The highest BCUT2D eigenvalue weighted by atomic mass is 79.9. The van der Waals surface area contributed by atoms with E-state index < -0.39 is 0 Å². The summed E-state index contributed by atoms with van der Waals surface area (Å²) in [6.45, 7) is 10.0.